The maximum Gasteiger partial charge on any atom is 0.0466 e. The Bertz CT molecular complexity index is 83.1. The van der Waals surface area contributed by atoms with E-state index in [2.05, 4.69) is 5.43 Å². The molecule has 0 aliphatic heterocycles. The van der Waals surface area contributed by atoms with Gasteiger partial charge in [0.15, 0.2) is 0 Å². The van der Waals surface area contributed by atoms with E-state index in [0.717, 1.165) is 0 Å². The van der Waals surface area contributed by atoms with Crippen LogP contribution >= 0.6 is 0 Å². The Labute approximate surface area is 55.9 Å². The van der Waals surface area contributed by atoms with E-state index in [4.69, 9.17) is 5.11 Å². The Morgan fingerprint density at radius 2 is 2.33 bits per heavy atom. The first-order valence-corrected chi connectivity index (χ1v) is 2.99. The average molecular weight is 130 g/mol. The predicted octanol–water partition coefficient (Wildman–Crippen LogP) is -0.0513. The van der Waals surface area contributed by atoms with E-state index < -0.39 is 0 Å². The van der Waals surface area contributed by atoms with E-state index in [9.17, 15) is 0 Å². The van der Waals surface area contributed by atoms with Crippen LogP contribution in [0, 0.1) is 0 Å². The minimum absolute atomic E-state index is 0.216. The second-order valence-corrected chi connectivity index (χ2v) is 1.73. The van der Waals surface area contributed by atoms with Crippen molar-refractivity contribution in [3.8, 4) is 0 Å². The summed E-state index contributed by atoms with van der Waals surface area (Å²) in [4.78, 5) is 0. The van der Waals surface area contributed by atoms with Crippen molar-refractivity contribution in [2.24, 2.45) is 0 Å². The molecule has 0 unspecified atom stereocenters. The normalized spacial score (nSPS) is 10.6. The summed E-state index contributed by atoms with van der Waals surface area (Å²) in [6, 6.07) is 0. The second-order valence-electron chi connectivity index (χ2n) is 1.73. The quantitative estimate of drug-likeness (QED) is 0.524. The fraction of sp³-hybridized carbons (Fsp3) is 0.667. The number of hydrogen-bond acceptors (Lipinski definition) is 3. The molecule has 0 radical (unpaired) electrons. The summed E-state index contributed by atoms with van der Waals surface area (Å²) in [5, 5.41) is 10.2. The summed E-state index contributed by atoms with van der Waals surface area (Å²) in [7, 11) is 3.73. The Morgan fingerprint density at radius 3 is 2.78 bits per heavy atom. The van der Waals surface area contributed by atoms with Gasteiger partial charge in [-0.3, -0.25) is 0 Å². The molecule has 0 atom stereocenters. The third kappa shape index (κ3) is 5.33. The standard InChI is InChI=1S/C6H14N2O/c1-7-8(2)5-3-4-6-9/h3,5,7,9H,4,6H2,1-2H3/b5-3-. The van der Waals surface area contributed by atoms with Gasteiger partial charge in [0, 0.05) is 26.9 Å². The molecule has 0 heterocycles. The summed E-state index contributed by atoms with van der Waals surface area (Å²) in [5.74, 6) is 0. The van der Waals surface area contributed by atoms with Crippen molar-refractivity contribution >= 4 is 0 Å². The summed E-state index contributed by atoms with van der Waals surface area (Å²) in [5.41, 5.74) is 2.89. The lowest BCUT2D eigenvalue weighted by molar-refractivity contribution is 0.300. The summed E-state index contributed by atoms with van der Waals surface area (Å²) in [6.45, 7) is 0.216. The van der Waals surface area contributed by atoms with Crippen LogP contribution in [0.25, 0.3) is 0 Å². The van der Waals surface area contributed by atoms with Crippen LogP contribution < -0.4 is 5.43 Å². The maximum absolute atomic E-state index is 8.36. The van der Waals surface area contributed by atoms with Gasteiger partial charge in [-0.25, -0.2) is 5.43 Å². The molecule has 0 bridgehead atoms. The Kier molecular flexibility index (Phi) is 5.26. The third-order valence-electron chi connectivity index (χ3n) is 0.977. The summed E-state index contributed by atoms with van der Waals surface area (Å²) in [6.07, 6.45) is 4.48. The first-order valence-electron chi connectivity index (χ1n) is 2.99. The molecule has 3 heteroatoms. The molecule has 0 aromatic carbocycles. The molecule has 0 aromatic rings. The molecule has 0 amide bonds. The highest BCUT2D eigenvalue weighted by molar-refractivity contribution is 4.77. The van der Waals surface area contributed by atoms with Crippen molar-refractivity contribution < 1.29 is 5.11 Å². The molecule has 0 saturated heterocycles. The fourth-order valence-corrected chi connectivity index (χ4v) is 0.382. The number of nitrogens with one attached hydrogen (secondary N) is 1. The van der Waals surface area contributed by atoms with Gasteiger partial charge < -0.3 is 10.1 Å². The van der Waals surface area contributed by atoms with Crippen LogP contribution in [-0.2, 0) is 0 Å². The molecule has 9 heavy (non-hydrogen) atoms. The molecule has 3 nitrogen and oxygen atoms in total. The largest absolute Gasteiger partial charge is 0.396 e. The van der Waals surface area contributed by atoms with Crippen molar-refractivity contribution in [2.75, 3.05) is 20.7 Å². The lowest BCUT2D eigenvalue weighted by Gasteiger charge is -2.09. The predicted molar refractivity (Wildman–Crippen MR) is 37.7 cm³/mol. The molecule has 54 valence electrons. The van der Waals surface area contributed by atoms with Gasteiger partial charge in [0.05, 0.1) is 0 Å². The first kappa shape index (κ1) is 8.46. The first-order chi connectivity index (χ1) is 4.31. The summed E-state index contributed by atoms with van der Waals surface area (Å²) < 4.78 is 0. The van der Waals surface area contributed by atoms with Gasteiger partial charge in [0.1, 0.15) is 0 Å². The molecule has 0 aliphatic carbocycles. The lowest BCUT2D eigenvalue weighted by Crippen LogP contribution is -2.24. The van der Waals surface area contributed by atoms with Crippen LogP contribution in [-0.4, -0.2) is 30.8 Å². The molecule has 0 rings (SSSR count). The number of aliphatic hydroxyl groups excluding tert-OH is 1. The smallest absolute Gasteiger partial charge is 0.0466 e. The highest BCUT2D eigenvalue weighted by Gasteiger charge is 1.79. The van der Waals surface area contributed by atoms with Crippen molar-refractivity contribution in [2.45, 2.75) is 6.42 Å². The van der Waals surface area contributed by atoms with Gasteiger partial charge in [-0.05, 0) is 6.42 Å². The number of rotatable bonds is 4. The van der Waals surface area contributed by atoms with Crippen LogP contribution in [0.15, 0.2) is 12.3 Å². The minimum atomic E-state index is 0.216. The van der Waals surface area contributed by atoms with Crippen LogP contribution in [0.4, 0.5) is 0 Å². The molecule has 2 N–H and O–H groups in total. The van der Waals surface area contributed by atoms with Gasteiger partial charge in [-0.15, -0.1) is 0 Å². The van der Waals surface area contributed by atoms with Crippen molar-refractivity contribution in [1.82, 2.24) is 10.4 Å². The van der Waals surface area contributed by atoms with Crippen LogP contribution in [0.2, 0.25) is 0 Å². The lowest BCUT2D eigenvalue weighted by atomic mass is 10.4. The van der Waals surface area contributed by atoms with E-state index in [1.807, 2.05) is 31.4 Å². The molecule has 0 saturated carbocycles. The van der Waals surface area contributed by atoms with Crippen molar-refractivity contribution in [1.29, 1.82) is 0 Å². The fourth-order valence-electron chi connectivity index (χ4n) is 0.382. The van der Waals surface area contributed by atoms with Crippen molar-refractivity contribution in [3.05, 3.63) is 12.3 Å². The number of nitrogens with zero attached hydrogens (tertiary/aromatic N) is 1. The SMILES string of the molecule is CNN(C)/C=C\CCO. The highest BCUT2D eigenvalue weighted by Crippen LogP contribution is 1.81. The zero-order chi connectivity index (χ0) is 7.11. The zero-order valence-corrected chi connectivity index (χ0v) is 5.96. The third-order valence-corrected chi connectivity index (χ3v) is 0.977. The molecule has 0 aliphatic rings. The second kappa shape index (κ2) is 5.59. The summed E-state index contributed by atoms with van der Waals surface area (Å²) >= 11 is 0. The van der Waals surface area contributed by atoms with Crippen LogP contribution in [0.3, 0.4) is 0 Å². The van der Waals surface area contributed by atoms with E-state index in [-0.39, 0.29) is 6.61 Å². The van der Waals surface area contributed by atoms with Gasteiger partial charge >= 0.3 is 0 Å². The molecule has 0 spiro atoms. The number of hydrazine groups is 1. The van der Waals surface area contributed by atoms with E-state index in [1.165, 1.54) is 0 Å². The Balaban J connectivity index is 3.20. The van der Waals surface area contributed by atoms with Gasteiger partial charge in [0.2, 0.25) is 0 Å². The molecular weight excluding hydrogens is 116 g/mol. The average Bonchev–Trinajstić information content (AvgIpc) is 1.89. The van der Waals surface area contributed by atoms with Gasteiger partial charge in [-0.1, -0.05) is 6.08 Å². The van der Waals surface area contributed by atoms with Crippen LogP contribution in [0.5, 0.6) is 0 Å². The van der Waals surface area contributed by atoms with E-state index in [0.29, 0.717) is 6.42 Å². The van der Waals surface area contributed by atoms with Crippen molar-refractivity contribution in [3.63, 3.8) is 0 Å². The maximum atomic E-state index is 8.36. The highest BCUT2D eigenvalue weighted by atomic mass is 16.2. The zero-order valence-electron chi connectivity index (χ0n) is 5.96. The monoisotopic (exact) mass is 130 g/mol. The molecular formula is C6H14N2O. The van der Waals surface area contributed by atoms with Gasteiger partial charge in [-0.2, -0.15) is 0 Å². The number of hydrogen-bond donors (Lipinski definition) is 2. The Morgan fingerprint density at radius 1 is 1.67 bits per heavy atom. The van der Waals surface area contributed by atoms with E-state index in [1.54, 1.807) is 0 Å². The molecule has 0 aromatic heterocycles. The molecule has 0 fully saturated rings. The van der Waals surface area contributed by atoms with Crippen LogP contribution in [0.1, 0.15) is 6.42 Å². The van der Waals surface area contributed by atoms with E-state index >= 15 is 0 Å². The Hall–Kier alpha value is -0.540. The minimum Gasteiger partial charge on any atom is -0.396 e. The number of aliphatic hydroxyl groups is 1. The topological polar surface area (TPSA) is 35.5 Å². The van der Waals surface area contributed by atoms with Gasteiger partial charge in [0.25, 0.3) is 0 Å².